The van der Waals surface area contributed by atoms with Crippen LogP contribution in [-0.2, 0) is 5.92 Å². The third kappa shape index (κ3) is 2.97. The van der Waals surface area contributed by atoms with Gasteiger partial charge in [-0.25, -0.2) is 4.98 Å². The maximum Gasteiger partial charge on any atom is 0.460 e. The molecular weight excluding hydrogens is 483 g/mol. The number of alkyl halides is 17. The van der Waals surface area contributed by atoms with Crippen molar-refractivity contribution in [3.8, 4) is 0 Å². The van der Waals surface area contributed by atoms with Crippen LogP contribution in [0.3, 0.4) is 0 Å². The highest BCUT2D eigenvalue weighted by Crippen LogP contribution is 2.64. The molecule has 0 fully saturated rings. The number of rotatable bonds is 7. The van der Waals surface area contributed by atoms with Crippen molar-refractivity contribution in [2.75, 3.05) is 0 Å². The molecule has 0 aliphatic heterocycles. The molecule has 0 unspecified atom stereocenters. The highest BCUT2D eigenvalue weighted by Gasteiger charge is 2.95. The summed E-state index contributed by atoms with van der Waals surface area (Å²) in [7, 11) is 0. The fourth-order valence-electron chi connectivity index (χ4n) is 1.75. The Kier molecular flexibility index (Phi) is 5.65. The van der Waals surface area contributed by atoms with Crippen LogP contribution in [0.1, 0.15) is 5.82 Å². The number of nitrogens with zero attached hydrogens (tertiary/aromatic N) is 1. The zero-order chi connectivity index (χ0) is 24.4. The van der Waals surface area contributed by atoms with E-state index in [1.165, 1.54) is 0 Å². The van der Waals surface area contributed by atoms with E-state index in [2.05, 4.69) is 4.98 Å². The Morgan fingerprint density at radius 1 is 0.500 bits per heavy atom. The molecule has 1 rings (SSSR count). The summed E-state index contributed by atoms with van der Waals surface area (Å²) < 4.78 is 221. The van der Waals surface area contributed by atoms with E-state index in [9.17, 15) is 74.6 Å². The molecule has 19 heteroatoms. The minimum absolute atomic E-state index is 0.141. The average Bonchev–Trinajstić information content (AvgIpc) is 3.07. The summed E-state index contributed by atoms with van der Waals surface area (Å²) in [4.78, 5) is 3.26. The molecule has 0 radical (unpaired) electrons. The largest absolute Gasteiger partial charge is 0.460 e. The molecule has 30 heavy (non-hydrogen) atoms. The summed E-state index contributed by atoms with van der Waals surface area (Å²) in [5.41, 5.74) is 0. The Hall–Kier alpha value is -1.98. The maximum atomic E-state index is 13.5. The minimum Gasteiger partial charge on any atom is -0.343 e. The van der Waals surface area contributed by atoms with Crippen LogP contribution in [0, 0.1) is 0 Å². The van der Waals surface area contributed by atoms with Gasteiger partial charge in [0.1, 0.15) is 0 Å². The molecule has 0 amide bonds. The first-order valence-corrected chi connectivity index (χ1v) is 6.57. The second-order valence-electron chi connectivity index (χ2n) is 5.46. The van der Waals surface area contributed by atoms with Crippen LogP contribution in [-0.4, -0.2) is 51.7 Å². The number of nitrogens with one attached hydrogen (secondary N) is 1. The Morgan fingerprint density at radius 3 is 1.13 bits per heavy atom. The van der Waals surface area contributed by atoms with Crippen molar-refractivity contribution in [3.63, 3.8) is 0 Å². The van der Waals surface area contributed by atoms with Crippen LogP contribution >= 0.6 is 0 Å². The van der Waals surface area contributed by atoms with Crippen LogP contribution in [0.5, 0.6) is 0 Å². The van der Waals surface area contributed by atoms with Gasteiger partial charge in [-0.3, -0.25) is 0 Å². The van der Waals surface area contributed by atoms with E-state index >= 15 is 0 Å². The minimum atomic E-state index is -8.63. The second-order valence-corrected chi connectivity index (χ2v) is 5.46. The number of H-pyrrole nitrogens is 1. The van der Waals surface area contributed by atoms with Crippen molar-refractivity contribution in [2.45, 2.75) is 47.6 Å². The summed E-state index contributed by atoms with van der Waals surface area (Å²) in [5, 5.41) is 0. The van der Waals surface area contributed by atoms with Gasteiger partial charge in [-0.2, -0.15) is 74.6 Å². The Labute approximate surface area is 152 Å². The van der Waals surface area contributed by atoms with Gasteiger partial charge in [0.2, 0.25) is 0 Å². The van der Waals surface area contributed by atoms with E-state index in [1.54, 1.807) is 0 Å². The summed E-state index contributed by atoms with van der Waals surface area (Å²) in [5.74, 6) is -59.2. The van der Waals surface area contributed by atoms with E-state index in [4.69, 9.17) is 0 Å². The highest BCUT2D eigenvalue weighted by molar-refractivity contribution is 5.17. The first-order valence-electron chi connectivity index (χ1n) is 6.57. The maximum absolute atomic E-state index is 13.5. The molecule has 0 aliphatic rings. The van der Waals surface area contributed by atoms with Crippen molar-refractivity contribution >= 4 is 0 Å². The fraction of sp³-hybridized carbons (Fsp3) is 0.727. The van der Waals surface area contributed by atoms with Gasteiger partial charge in [-0.1, -0.05) is 0 Å². The first-order chi connectivity index (χ1) is 12.9. The Morgan fingerprint density at radius 2 is 0.833 bits per heavy atom. The number of halogens is 17. The van der Waals surface area contributed by atoms with Crippen LogP contribution < -0.4 is 0 Å². The molecule has 0 aliphatic carbocycles. The number of hydrogen-bond acceptors (Lipinski definition) is 1. The normalized spacial score (nSPS) is 16.2. The van der Waals surface area contributed by atoms with Gasteiger partial charge in [0.15, 0.2) is 5.82 Å². The summed E-state index contributed by atoms with van der Waals surface area (Å²) >= 11 is 0. The highest BCUT2D eigenvalue weighted by atomic mass is 19.4. The van der Waals surface area contributed by atoms with Gasteiger partial charge in [0, 0.05) is 12.4 Å². The van der Waals surface area contributed by atoms with E-state index in [-0.39, 0.29) is 12.4 Å². The van der Waals surface area contributed by atoms with Crippen LogP contribution in [0.2, 0.25) is 0 Å². The summed E-state index contributed by atoms with van der Waals surface area (Å²) in [6.07, 6.45) is -7.42. The van der Waals surface area contributed by atoms with Crippen LogP contribution in [0.25, 0.3) is 0 Å². The molecule has 1 N–H and O–H groups in total. The number of hydrogen-bond donors (Lipinski definition) is 1. The predicted molar refractivity (Wildman–Crippen MR) is 58.2 cm³/mol. The number of imidazole rings is 1. The Bertz CT molecular complexity index is 744. The fourth-order valence-corrected chi connectivity index (χ4v) is 1.75. The van der Waals surface area contributed by atoms with Gasteiger partial charge in [-0.05, 0) is 0 Å². The summed E-state index contributed by atoms with van der Waals surface area (Å²) in [6.45, 7) is 0. The molecule has 176 valence electrons. The van der Waals surface area contributed by atoms with E-state index < -0.39 is 53.5 Å². The lowest BCUT2D eigenvalue weighted by molar-refractivity contribution is -0.463. The van der Waals surface area contributed by atoms with E-state index in [1.807, 2.05) is 0 Å². The number of aromatic nitrogens is 2. The topological polar surface area (TPSA) is 28.7 Å². The first kappa shape index (κ1) is 26.1. The molecule has 1 aromatic heterocycles. The van der Waals surface area contributed by atoms with Gasteiger partial charge in [0.05, 0.1) is 0 Å². The molecule has 0 atom stereocenters. The SMILES string of the molecule is FC(F)(F)C(F)(F)C(F)(F)C(F)(F)C(F)(F)C(F)(F)C(F)(F)C(F)(F)c1ncc[nH]1. The standard InChI is InChI=1S/C11H3F17N2/c12-4(13,3-29-1-2-30-3)5(14,15)6(16,17)7(18,19)8(20,21)9(22,23)10(24,25)11(26,27)28/h1-2H,(H,29,30). The molecule has 1 heterocycles. The van der Waals surface area contributed by atoms with E-state index in [0.717, 1.165) is 4.98 Å². The molecule has 0 spiro atoms. The Balaban J connectivity index is 3.67. The zero-order valence-corrected chi connectivity index (χ0v) is 13.0. The molecule has 2 nitrogen and oxygen atoms in total. The van der Waals surface area contributed by atoms with Crippen LogP contribution in [0.15, 0.2) is 12.4 Å². The van der Waals surface area contributed by atoms with Crippen molar-refractivity contribution in [1.82, 2.24) is 9.97 Å². The molecular formula is C11H3F17N2. The zero-order valence-electron chi connectivity index (χ0n) is 13.0. The average molecular weight is 486 g/mol. The molecule has 1 aromatic rings. The monoisotopic (exact) mass is 486 g/mol. The third-order valence-corrected chi connectivity index (χ3v) is 3.52. The van der Waals surface area contributed by atoms with Crippen molar-refractivity contribution in [3.05, 3.63) is 18.2 Å². The lowest BCUT2D eigenvalue weighted by Crippen LogP contribution is -2.74. The smallest absolute Gasteiger partial charge is 0.343 e. The van der Waals surface area contributed by atoms with Crippen molar-refractivity contribution in [2.24, 2.45) is 0 Å². The van der Waals surface area contributed by atoms with Gasteiger partial charge in [0.25, 0.3) is 0 Å². The lowest BCUT2D eigenvalue weighted by atomic mass is 9.89. The quantitative estimate of drug-likeness (QED) is 0.480. The lowest BCUT2D eigenvalue weighted by Gasteiger charge is -2.42. The molecule has 0 bridgehead atoms. The molecule has 0 saturated heterocycles. The van der Waals surface area contributed by atoms with Gasteiger partial charge < -0.3 is 4.98 Å². The van der Waals surface area contributed by atoms with Gasteiger partial charge >= 0.3 is 47.6 Å². The van der Waals surface area contributed by atoms with Gasteiger partial charge in [-0.15, -0.1) is 0 Å². The molecule has 0 aromatic carbocycles. The summed E-state index contributed by atoms with van der Waals surface area (Å²) in [6, 6.07) is 0. The van der Waals surface area contributed by atoms with Crippen molar-refractivity contribution < 1.29 is 74.6 Å². The second kappa shape index (κ2) is 6.51. The molecule has 0 saturated carbocycles. The number of aromatic amines is 1. The third-order valence-electron chi connectivity index (χ3n) is 3.52. The predicted octanol–water partition coefficient (Wildman–Crippen LogP) is 5.88. The van der Waals surface area contributed by atoms with Crippen molar-refractivity contribution in [1.29, 1.82) is 0 Å². The van der Waals surface area contributed by atoms with E-state index in [0.29, 0.717) is 0 Å². The van der Waals surface area contributed by atoms with Crippen LogP contribution in [0.4, 0.5) is 74.6 Å².